The van der Waals surface area contributed by atoms with Crippen LogP contribution in [0.15, 0.2) is 29.6 Å². The van der Waals surface area contributed by atoms with E-state index in [2.05, 4.69) is 55.3 Å². The summed E-state index contributed by atoms with van der Waals surface area (Å²) in [6.07, 6.45) is 3.62. The molecule has 1 aliphatic heterocycles. The Morgan fingerprint density at radius 3 is 2.71 bits per heavy atom. The van der Waals surface area contributed by atoms with Gasteiger partial charge in [-0.25, -0.2) is 0 Å². The lowest BCUT2D eigenvalue weighted by molar-refractivity contribution is 0.0765. The average Bonchev–Trinajstić information content (AvgIpc) is 2.74. The topological polar surface area (TPSA) is 29.3 Å². The van der Waals surface area contributed by atoms with Gasteiger partial charge in [-0.3, -0.25) is 4.90 Å². The van der Waals surface area contributed by atoms with E-state index in [-0.39, 0.29) is 11.6 Å². The van der Waals surface area contributed by atoms with Gasteiger partial charge in [-0.05, 0) is 62.6 Å². The molecule has 2 unspecified atom stereocenters. The van der Waals surface area contributed by atoms with Crippen molar-refractivity contribution >= 4 is 21.4 Å². The Bertz CT molecular complexity index is 611. The summed E-state index contributed by atoms with van der Waals surface area (Å²) in [5.41, 5.74) is 8.19. The van der Waals surface area contributed by atoms with Crippen molar-refractivity contribution in [1.29, 1.82) is 0 Å². The molecule has 1 saturated heterocycles. The molecule has 0 spiro atoms. The first-order valence-electron chi connectivity index (χ1n) is 7.97. The lowest BCUT2D eigenvalue weighted by atomic mass is 9.92. The van der Waals surface area contributed by atoms with Crippen LogP contribution in [0, 0.1) is 0 Å². The van der Waals surface area contributed by atoms with E-state index >= 15 is 0 Å². The molecule has 3 heteroatoms. The number of likely N-dealkylation sites (tertiary alicyclic amines) is 1. The molecule has 2 nitrogen and oxygen atoms in total. The van der Waals surface area contributed by atoms with Crippen molar-refractivity contribution in [2.24, 2.45) is 5.73 Å². The minimum absolute atomic E-state index is 0.148. The number of nitrogens with zero attached hydrogens (tertiary/aromatic N) is 1. The molecule has 0 amide bonds. The standard InChI is InChI=1S/C18H26N2S/c1-18(2,3)20-11-7-6-9-15(19)17(20)14-12-21-16-10-5-4-8-13(14)16/h4-5,8,10,12,15,17H,6-7,9,11,19H2,1-3H3. The molecule has 3 rings (SSSR count). The molecule has 2 aromatic rings. The van der Waals surface area contributed by atoms with Gasteiger partial charge < -0.3 is 5.73 Å². The first kappa shape index (κ1) is 15.0. The van der Waals surface area contributed by atoms with Crippen molar-refractivity contribution in [1.82, 2.24) is 4.90 Å². The fourth-order valence-corrected chi connectivity index (χ4v) is 4.56. The predicted molar refractivity (Wildman–Crippen MR) is 92.9 cm³/mol. The largest absolute Gasteiger partial charge is 0.326 e. The van der Waals surface area contributed by atoms with Crippen molar-refractivity contribution in [2.45, 2.75) is 57.7 Å². The Kier molecular flexibility index (Phi) is 4.08. The minimum atomic E-state index is 0.148. The Morgan fingerprint density at radius 2 is 1.95 bits per heavy atom. The normalized spacial score (nSPS) is 25.1. The molecule has 2 heterocycles. The van der Waals surface area contributed by atoms with Gasteiger partial charge >= 0.3 is 0 Å². The van der Waals surface area contributed by atoms with Gasteiger partial charge in [0, 0.05) is 16.3 Å². The maximum atomic E-state index is 6.61. The van der Waals surface area contributed by atoms with Crippen LogP contribution in [0.1, 0.15) is 51.6 Å². The second-order valence-electron chi connectivity index (χ2n) is 7.16. The second-order valence-corrected chi connectivity index (χ2v) is 8.07. The Balaban J connectivity index is 2.10. The molecule has 1 fully saturated rings. The highest BCUT2D eigenvalue weighted by Gasteiger charge is 2.36. The minimum Gasteiger partial charge on any atom is -0.326 e. The summed E-state index contributed by atoms with van der Waals surface area (Å²) in [7, 11) is 0. The quantitative estimate of drug-likeness (QED) is 0.837. The highest BCUT2D eigenvalue weighted by atomic mass is 32.1. The zero-order chi connectivity index (χ0) is 15.0. The highest BCUT2D eigenvalue weighted by Crippen LogP contribution is 2.40. The van der Waals surface area contributed by atoms with Crippen molar-refractivity contribution in [2.75, 3.05) is 6.54 Å². The Hall–Kier alpha value is -0.900. The number of nitrogens with two attached hydrogens (primary N) is 1. The van der Waals surface area contributed by atoms with Crippen LogP contribution in [0.5, 0.6) is 0 Å². The van der Waals surface area contributed by atoms with Crippen molar-refractivity contribution in [3.8, 4) is 0 Å². The van der Waals surface area contributed by atoms with Crippen LogP contribution in [-0.4, -0.2) is 23.0 Å². The van der Waals surface area contributed by atoms with Gasteiger partial charge in [-0.15, -0.1) is 11.3 Å². The average molecular weight is 302 g/mol. The summed E-state index contributed by atoms with van der Waals surface area (Å²) in [5, 5.41) is 3.72. The lowest BCUT2D eigenvalue weighted by Gasteiger charge is -2.43. The van der Waals surface area contributed by atoms with E-state index in [0.717, 1.165) is 13.0 Å². The number of fused-ring (bicyclic) bond motifs is 1. The maximum Gasteiger partial charge on any atom is 0.0518 e. The third kappa shape index (κ3) is 2.87. The zero-order valence-corrected chi connectivity index (χ0v) is 14.1. The van der Waals surface area contributed by atoms with E-state index < -0.39 is 0 Å². The third-order valence-electron chi connectivity index (χ3n) is 4.62. The first-order chi connectivity index (χ1) is 9.98. The molecule has 1 aromatic carbocycles. The van der Waals surface area contributed by atoms with Gasteiger partial charge in [0.15, 0.2) is 0 Å². The van der Waals surface area contributed by atoms with E-state index in [9.17, 15) is 0 Å². The smallest absolute Gasteiger partial charge is 0.0518 e. The number of benzene rings is 1. The molecule has 1 aromatic heterocycles. The molecule has 0 bridgehead atoms. The summed E-state index contributed by atoms with van der Waals surface area (Å²) < 4.78 is 1.37. The highest BCUT2D eigenvalue weighted by molar-refractivity contribution is 7.17. The summed E-state index contributed by atoms with van der Waals surface area (Å²) in [6, 6.07) is 9.29. The summed E-state index contributed by atoms with van der Waals surface area (Å²) in [6.45, 7) is 8.08. The second kappa shape index (κ2) is 5.71. The van der Waals surface area contributed by atoms with Gasteiger partial charge in [-0.2, -0.15) is 0 Å². The SMILES string of the molecule is CC(C)(C)N1CCCCC(N)C1c1csc2ccccc12. The summed E-state index contributed by atoms with van der Waals surface area (Å²) in [5.74, 6) is 0. The van der Waals surface area contributed by atoms with Crippen LogP contribution in [0.2, 0.25) is 0 Å². The van der Waals surface area contributed by atoms with Crippen molar-refractivity contribution < 1.29 is 0 Å². The van der Waals surface area contributed by atoms with E-state index in [0.29, 0.717) is 6.04 Å². The fourth-order valence-electron chi connectivity index (χ4n) is 3.57. The number of hydrogen-bond acceptors (Lipinski definition) is 3. The molecule has 1 aliphatic rings. The van der Waals surface area contributed by atoms with Crippen LogP contribution in [0.25, 0.3) is 10.1 Å². The van der Waals surface area contributed by atoms with Crippen LogP contribution in [-0.2, 0) is 0 Å². The summed E-state index contributed by atoms with van der Waals surface area (Å²) >= 11 is 1.85. The predicted octanol–water partition coefficient (Wildman–Crippen LogP) is 4.55. The molecule has 0 radical (unpaired) electrons. The van der Waals surface area contributed by atoms with Crippen LogP contribution >= 0.6 is 11.3 Å². The van der Waals surface area contributed by atoms with E-state index in [1.54, 1.807) is 0 Å². The summed E-state index contributed by atoms with van der Waals surface area (Å²) in [4.78, 5) is 2.62. The van der Waals surface area contributed by atoms with E-state index in [4.69, 9.17) is 5.73 Å². The number of hydrogen-bond donors (Lipinski definition) is 1. The van der Waals surface area contributed by atoms with Crippen molar-refractivity contribution in [3.05, 3.63) is 35.2 Å². The molecule has 114 valence electrons. The molecule has 0 aliphatic carbocycles. The zero-order valence-electron chi connectivity index (χ0n) is 13.3. The van der Waals surface area contributed by atoms with Gasteiger partial charge in [0.2, 0.25) is 0 Å². The molecule has 2 atom stereocenters. The fraction of sp³-hybridized carbons (Fsp3) is 0.556. The van der Waals surface area contributed by atoms with Gasteiger partial charge in [0.05, 0.1) is 6.04 Å². The Morgan fingerprint density at radius 1 is 1.19 bits per heavy atom. The van der Waals surface area contributed by atoms with Gasteiger partial charge in [0.25, 0.3) is 0 Å². The van der Waals surface area contributed by atoms with Gasteiger partial charge in [0.1, 0.15) is 0 Å². The maximum absolute atomic E-state index is 6.61. The molecule has 2 N–H and O–H groups in total. The monoisotopic (exact) mass is 302 g/mol. The van der Waals surface area contributed by atoms with Crippen LogP contribution in [0.4, 0.5) is 0 Å². The molecular weight excluding hydrogens is 276 g/mol. The first-order valence-corrected chi connectivity index (χ1v) is 8.85. The van der Waals surface area contributed by atoms with Crippen LogP contribution in [0.3, 0.4) is 0 Å². The number of rotatable bonds is 1. The van der Waals surface area contributed by atoms with Crippen LogP contribution < -0.4 is 5.73 Å². The lowest BCUT2D eigenvalue weighted by Crippen LogP contribution is -2.49. The third-order valence-corrected chi connectivity index (χ3v) is 5.60. The molecule has 0 saturated carbocycles. The molecule has 21 heavy (non-hydrogen) atoms. The van der Waals surface area contributed by atoms with Crippen molar-refractivity contribution in [3.63, 3.8) is 0 Å². The number of thiophene rings is 1. The van der Waals surface area contributed by atoms with E-state index in [1.807, 2.05) is 11.3 Å². The molecular formula is C18H26N2S. The van der Waals surface area contributed by atoms with E-state index in [1.165, 1.54) is 28.5 Å². The Labute approximate surface area is 131 Å². The van der Waals surface area contributed by atoms with Gasteiger partial charge in [-0.1, -0.05) is 24.6 Å².